The highest BCUT2D eigenvalue weighted by molar-refractivity contribution is 5.83. The highest BCUT2D eigenvalue weighted by atomic mass is 16.3. The topological polar surface area (TPSA) is 57.5 Å². The molecule has 0 unspecified atom stereocenters. The van der Waals surface area contributed by atoms with Crippen LogP contribution in [-0.2, 0) is 4.79 Å². The first-order chi connectivity index (χ1) is 15.3. The van der Waals surface area contributed by atoms with Gasteiger partial charge in [0.15, 0.2) is 0 Å². The van der Waals surface area contributed by atoms with Crippen LogP contribution in [0.5, 0.6) is 0 Å². The third-order valence-electron chi connectivity index (χ3n) is 12.7. The number of rotatable bonds is 6. The van der Waals surface area contributed by atoms with Crippen LogP contribution in [0.15, 0.2) is 0 Å². The molecule has 4 rings (SSSR count). The maximum Gasteiger partial charge on any atom is 0.138 e. The monoisotopic (exact) mass is 460 g/mol. The van der Waals surface area contributed by atoms with E-state index in [2.05, 4.69) is 48.5 Å². The summed E-state index contributed by atoms with van der Waals surface area (Å²) in [6.07, 6.45) is 11.0. The first-order valence-corrected chi connectivity index (χ1v) is 14.2. The van der Waals surface area contributed by atoms with E-state index in [0.717, 1.165) is 38.5 Å². The van der Waals surface area contributed by atoms with Crippen LogP contribution in [0, 0.1) is 51.2 Å². The molecule has 0 bridgehead atoms. The minimum absolute atomic E-state index is 0.0117. The normalized spacial score (nSPS) is 48.5. The van der Waals surface area contributed by atoms with Gasteiger partial charge < -0.3 is 10.2 Å². The second kappa shape index (κ2) is 8.61. The molecule has 3 nitrogen and oxygen atoms in total. The predicted molar refractivity (Wildman–Crippen MR) is 135 cm³/mol. The number of Topliss-reactive ketones (excluding diaryl/α,β-unsaturated/α-hetero) is 1. The number of fused-ring (bicyclic) bond motifs is 5. The van der Waals surface area contributed by atoms with Gasteiger partial charge in [0.25, 0.3) is 0 Å². The summed E-state index contributed by atoms with van der Waals surface area (Å²) >= 11 is 0. The third-order valence-corrected chi connectivity index (χ3v) is 12.7. The number of aliphatic hydroxyl groups is 2. The van der Waals surface area contributed by atoms with E-state index in [0.29, 0.717) is 41.8 Å². The Morgan fingerprint density at radius 1 is 1.03 bits per heavy atom. The van der Waals surface area contributed by atoms with Crippen molar-refractivity contribution in [3.8, 4) is 0 Å². The maximum absolute atomic E-state index is 12.8. The molecule has 0 saturated heterocycles. The van der Waals surface area contributed by atoms with Crippen molar-refractivity contribution < 1.29 is 15.0 Å². The van der Waals surface area contributed by atoms with Gasteiger partial charge in [-0.05, 0) is 110 Å². The molecule has 0 radical (unpaired) electrons. The molecule has 190 valence electrons. The van der Waals surface area contributed by atoms with Crippen molar-refractivity contribution in [2.45, 2.75) is 131 Å². The Balaban J connectivity index is 1.52. The van der Waals surface area contributed by atoms with E-state index >= 15 is 0 Å². The van der Waals surface area contributed by atoms with Gasteiger partial charge in [0.05, 0.1) is 12.2 Å². The minimum Gasteiger partial charge on any atom is -0.393 e. The van der Waals surface area contributed by atoms with Gasteiger partial charge in [0.1, 0.15) is 5.78 Å². The summed E-state index contributed by atoms with van der Waals surface area (Å²) < 4.78 is 0. The Hall–Kier alpha value is -0.410. The third kappa shape index (κ3) is 3.87. The zero-order valence-electron chi connectivity index (χ0n) is 22.6. The van der Waals surface area contributed by atoms with Gasteiger partial charge in [0, 0.05) is 11.8 Å². The Morgan fingerprint density at radius 2 is 1.73 bits per heavy atom. The number of hydrogen-bond donors (Lipinski definition) is 2. The molecular weight excluding hydrogens is 408 g/mol. The second-order valence-electron chi connectivity index (χ2n) is 14.3. The second-order valence-corrected chi connectivity index (χ2v) is 14.3. The van der Waals surface area contributed by atoms with Crippen molar-refractivity contribution in [3.63, 3.8) is 0 Å². The molecular formula is C30H52O3. The van der Waals surface area contributed by atoms with Crippen molar-refractivity contribution in [1.29, 1.82) is 0 Å². The lowest BCUT2D eigenvalue weighted by Gasteiger charge is -2.66. The maximum atomic E-state index is 12.8. The number of aliphatic hydroxyl groups excluding tert-OH is 2. The van der Waals surface area contributed by atoms with Crippen LogP contribution in [-0.4, -0.2) is 28.2 Å². The fourth-order valence-corrected chi connectivity index (χ4v) is 9.63. The number of ketones is 1. The molecule has 10 atom stereocenters. The summed E-state index contributed by atoms with van der Waals surface area (Å²) in [5.74, 6) is 3.30. The summed E-state index contributed by atoms with van der Waals surface area (Å²) in [5, 5.41) is 22.2. The Bertz CT molecular complexity index is 745. The van der Waals surface area contributed by atoms with Crippen LogP contribution in [0.1, 0.15) is 119 Å². The highest BCUT2D eigenvalue weighted by Crippen LogP contribution is 2.71. The summed E-state index contributed by atoms with van der Waals surface area (Å²) in [6.45, 7) is 16.0. The fourth-order valence-electron chi connectivity index (χ4n) is 9.63. The van der Waals surface area contributed by atoms with Crippen molar-refractivity contribution in [1.82, 2.24) is 0 Å². The first-order valence-electron chi connectivity index (χ1n) is 14.2. The Labute approximate surface area is 203 Å². The van der Waals surface area contributed by atoms with E-state index in [-0.39, 0.29) is 33.9 Å². The smallest absolute Gasteiger partial charge is 0.138 e. The Morgan fingerprint density at radius 3 is 2.39 bits per heavy atom. The van der Waals surface area contributed by atoms with E-state index in [1.165, 1.54) is 25.7 Å². The predicted octanol–water partition coefficient (Wildman–Crippen LogP) is 6.79. The SMILES string of the molecule is CCC(C)(C)C(=O)CC[C@@H](C)[C@H]1CC[C@H]2[C@@H]3CC[C@]4(C)C[C@H](O)CC[C@]4(C)[C@H]3C[C@H](O)[C@]12C. The molecule has 0 aliphatic heterocycles. The lowest BCUT2D eigenvalue weighted by Crippen LogP contribution is -2.61. The number of carbonyl (C=O) groups excluding carboxylic acids is 1. The van der Waals surface area contributed by atoms with Crippen LogP contribution in [0.4, 0.5) is 0 Å². The summed E-state index contributed by atoms with van der Waals surface area (Å²) in [6, 6.07) is 0. The fraction of sp³-hybridized carbons (Fsp3) is 0.967. The zero-order chi connectivity index (χ0) is 24.4. The van der Waals surface area contributed by atoms with E-state index in [1.54, 1.807) is 0 Å². The van der Waals surface area contributed by atoms with Crippen LogP contribution in [0.2, 0.25) is 0 Å². The molecule has 33 heavy (non-hydrogen) atoms. The van der Waals surface area contributed by atoms with Crippen molar-refractivity contribution >= 4 is 5.78 Å². The molecule has 0 heterocycles. The molecule has 4 aliphatic carbocycles. The van der Waals surface area contributed by atoms with Crippen LogP contribution < -0.4 is 0 Å². The lowest BCUT2D eigenvalue weighted by molar-refractivity contribution is -0.201. The molecule has 0 amide bonds. The van der Waals surface area contributed by atoms with Crippen LogP contribution in [0.3, 0.4) is 0 Å². The standard InChI is InChI=1S/C30H52O3/c1-8-27(3,4)25(32)12-9-19(2)22-10-11-23-21-14-15-28(5)18-20(31)13-16-29(28,6)24(21)17-26(33)30(22,23)7/h19-24,26,31,33H,8-18H2,1-7H3/t19-,20-,21+,22-,23+,24+,26+,28-,29-,30-/m1/s1. The van der Waals surface area contributed by atoms with Gasteiger partial charge >= 0.3 is 0 Å². The molecule has 4 aliphatic rings. The molecule has 0 aromatic heterocycles. The molecule has 4 saturated carbocycles. The zero-order valence-corrected chi connectivity index (χ0v) is 22.6. The number of carbonyl (C=O) groups is 1. The average Bonchev–Trinajstić information content (AvgIpc) is 3.12. The lowest BCUT2D eigenvalue weighted by atomic mass is 9.39. The van der Waals surface area contributed by atoms with Crippen molar-refractivity contribution in [2.24, 2.45) is 51.2 Å². The molecule has 0 spiro atoms. The summed E-state index contributed by atoms with van der Waals surface area (Å²) in [5.41, 5.74) is 0.218. The molecule has 0 aromatic rings. The first kappa shape index (κ1) is 25.7. The van der Waals surface area contributed by atoms with Gasteiger partial charge in [0.2, 0.25) is 0 Å². The van der Waals surface area contributed by atoms with E-state index in [1.807, 2.05) is 0 Å². The Kier molecular flexibility index (Phi) is 6.70. The average molecular weight is 461 g/mol. The van der Waals surface area contributed by atoms with Gasteiger partial charge in [-0.2, -0.15) is 0 Å². The number of hydrogen-bond acceptors (Lipinski definition) is 3. The summed E-state index contributed by atoms with van der Waals surface area (Å²) in [7, 11) is 0. The van der Waals surface area contributed by atoms with Gasteiger partial charge in [-0.15, -0.1) is 0 Å². The van der Waals surface area contributed by atoms with Gasteiger partial charge in [-0.3, -0.25) is 4.79 Å². The van der Waals surface area contributed by atoms with E-state index < -0.39 is 0 Å². The van der Waals surface area contributed by atoms with E-state index in [9.17, 15) is 15.0 Å². The molecule has 0 aromatic carbocycles. The summed E-state index contributed by atoms with van der Waals surface area (Å²) in [4.78, 5) is 12.8. The van der Waals surface area contributed by atoms with Crippen molar-refractivity contribution in [2.75, 3.05) is 0 Å². The van der Waals surface area contributed by atoms with Crippen LogP contribution in [0.25, 0.3) is 0 Å². The van der Waals surface area contributed by atoms with Crippen molar-refractivity contribution in [3.05, 3.63) is 0 Å². The molecule has 3 heteroatoms. The minimum atomic E-state index is -0.243. The quantitative estimate of drug-likeness (QED) is 0.459. The molecule has 2 N–H and O–H groups in total. The van der Waals surface area contributed by atoms with E-state index in [4.69, 9.17) is 0 Å². The van der Waals surface area contributed by atoms with Gasteiger partial charge in [-0.25, -0.2) is 0 Å². The highest BCUT2D eigenvalue weighted by Gasteiger charge is 2.66. The largest absolute Gasteiger partial charge is 0.393 e. The van der Waals surface area contributed by atoms with Gasteiger partial charge in [-0.1, -0.05) is 48.5 Å². The molecule has 4 fully saturated rings. The van der Waals surface area contributed by atoms with Crippen LogP contribution >= 0.6 is 0 Å².